The molecule has 1 saturated heterocycles. The minimum Gasteiger partial charge on any atom is -0.451 e. The molecule has 1 aliphatic heterocycles. The predicted octanol–water partition coefficient (Wildman–Crippen LogP) is 3.22. The van der Waals surface area contributed by atoms with Gasteiger partial charge in [-0.05, 0) is 30.7 Å². The molecule has 0 bridgehead atoms. The SMILES string of the molecule is Cc1c(C(=O)N2C[C@@H]3C(C)(C)C[C@]3(CO)C2)oc2ccccc12. The Kier molecular flexibility index (Phi) is 2.95. The molecule has 4 heteroatoms. The third kappa shape index (κ3) is 1.91. The van der Waals surface area contributed by atoms with Crippen molar-refractivity contribution < 1.29 is 14.3 Å². The Bertz CT molecular complexity index is 791. The fourth-order valence-corrected chi connectivity index (χ4v) is 5.02. The molecule has 2 aromatic rings. The lowest BCUT2D eigenvalue weighted by molar-refractivity contribution is -0.0977. The van der Waals surface area contributed by atoms with Crippen LogP contribution in [0.15, 0.2) is 28.7 Å². The predicted molar refractivity (Wildman–Crippen MR) is 88.3 cm³/mol. The number of furan rings is 1. The summed E-state index contributed by atoms with van der Waals surface area (Å²) in [5.41, 5.74) is 1.75. The number of aryl methyl sites for hydroxylation is 1. The summed E-state index contributed by atoms with van der Waals surface area (Å²) < 4.78 is 5.83. The van der Waals surface area contributed by atoms with Gasteiger partial charge in [0.05, 0.1) is 6.61 Å². The molecule has 0 spiro atoms. The van der Waals surface area contributed by atoms with Crippen molar-refractivity contribution in [2.24, 2.45) is 16.7 Å². The Labute approximate surface area is 136 Å². The van der Waals surface area contributed by atoms with Crippen molar-refractivity contribution in [2.75, 3.05) is 19.7 Å². The number of carbonyl (C=O) groups is 1. The van der Waals surface area contributed by atoms with Gasteiger partial charge in [0.2, 0.25) is 0 Å². The van der Waals surface area contributed by atoms with Crippen molar-refractivity contribution in [2.45, 2.75) is 27.2 Å². The first-order chi connectivity index (χ1) is 10.9. The summed E-state index contributed by atoms with van der Waals surface area (Å²) in [5, 5.41) is 10.9. The Morgan fingerprint density at radius 3 is 2.74 bits per heavy atom. The molecule has 2 heterocycles. The number of rotatable bonds is 2. The molecule has 4 rings (SSSR count). The number of fused-ring (bicyclic) bond motifs is 2. The number of aliphatic hydroxyl groups excluding tert-OH is 1. The van der Waals surface area contributed by atoms with Gasteiger partial charge in [-0.25, -0.2) is 0 Å². The molecule has 2 fully saturated rings. The molecule has 2 aliphatic rings. The second kappa shape index (κ2) is 4.60. The molecule has 1 amide bonds. The minimum absolute atomic E-state index is 0.0447. The van der Waals surface area contributed by atoms with Gasteiger partial charge in [-0.2, -0.15) is 0 Å². The normalized spacial score (nSPS) is 28.7. The van der Waals surface area contributed by atoms with E-state index in [1.54, 1.807) is 0 Å². The molecule has 2 atom stereocenters. The van der Waals surface area contributed by atoms with Crippen LogP contribution in [-0.4, -0.2) is 35.6 Å². The van der Waals surface area contributed by atoms with E-state index in [0.717, 1.165) is 23.0 Å². The Balaban J connectivity index is 1.66. The summed E-state index contributed by atoms with van der Waals surface area (Å²) in [7, 11) is 0. The van der Waals surface area contributed by atoms with Gasteiger partial charge in [-0.3, -0.25) is 4.79 Å². The molecule has 23 heavy (non-hydrogen) atoms. The number of hydrogen-bond donors (Lipinski definition) is 1. The Morgan fingerprint density at radius 1 is 1.39 bits per heavy atom. The topological polar surface area (TPSA) is 53.7 Å². The molecule has 0 radical (unpaired) electrons. The zero-order chi connectivity index (χ0) is 16.4. The van der Waals surface area contributed by atoms with E-state index in [-0.39, 0.29) is 23.3 Å². The van der Waals surface area contributed by atoms with Crippen LogP contribution < -0.4 is 0 Å². The van der Waals surface area contributed by atoms with Gasteiger partial charge >= 0.3 is 0 Å². The Hall–Kier alpha value is -1.81. The maximum Gasteiger partial charge on any atom is 0.289 e. The molecule has 1 aromatic carbocycles. The van der Waals surface area contributed by atoms with E-state index in [0.29, 0.717) is 24.8 Å². The van der Waals surface area contributed by atoms with E-state index in [9.17, 15) is 9.90 Å². The number of amides is 1. The molecular weight excluding hydrogens is 290 g/mol. The van der Waals surface area contributed by atoms with Gasteiger partial charge in [0.15, 0.2) is 5.76 Å². The average Bonchev–Trinajstić information content (AvgIpc) is 3.04. The molecule has 1 aromatic heterocycles. The number of nitrogens with zero attached hydrogens (tertiary/aromatic N) is 1. The standard InChI is InChI=1S/C19H23NO3/c1-12-13-6-4-5-7-14(13)23-16(12)17(22)20-8-15-18(2,3)9-19(15,10-20)11-21/h4-7,15,21H,8-11H2,1-3H3/t15-,19-/m1/s1. The summed E-state index contributed by atoms with van der Waals surface area (Å²) in [6.07, 6.45) is 0.976. The largest absolute Gasteiger partial charge is 0.451 e. The number of hydrogen-bond acceptors (Lipinski definition) is 3. The first kappa shape index (κ1) is 14.8. The van der Waals surface area contributed by atoms with Gasteiger partial charge < -0.3 is 14.4 Å². The number of para-hydroxylation sites is 1. The van der Waals surface area contributed by atoms with E-state index in [1.165, 1.54) is 0 Å². The van der Waals surface area contributed by atoms with E-state index < -0.39 is 0 Å². The summed E-state index contributed by atoms with van der Waals surface area (Å²) in [4.78, 5) is 14.9. The molecule has 1 N–H and O–H groups in total. The molecule has 1 saturated carbocycles. The van der Waals surface area contributed by atoms with Crippen molar-refractivity contribution in [3.05, 3.63) is 35.6 Å². The summed E-state index contributed by atoms with van der Waals surface area (Å²) >= 11 is 0. The maximum absolute atomic E-state index is 13.0. The molecule has 122 valence electrons. The molecule has 0 unspecified atom stereocenters. The maximum atomic E-state index is 13.0. The third-order valence-electron chi connectivity index (χ3n) is 6.04. The van der Waals surface area contributed by atoms with Crippen LogP contribution >= 0.6 is 0 Å². The second-order valence-corrected chi connectivity index (χ2v) is 7.98. The second-order valence-electron chi connectivity index (χ2n) is 7.98. The van der Waals surface area contributed by atoms with E-state index >= 15 is 0 Å². The Morgan fingerprint density at radius 2 is 2.13 bits per heavy atom. The van der Waals surface area contributed by atoms with Gasteiger partial charge in [-0.15, -0.1) is 0 Å². The van der Waals surface area contributed by atoms with Crippen LogP contribution in [0, 0.1) is 23.7 Å². The van der Waals surface area contributed by atoms with Crippen molar-refractivity contribution in [1.29, 1.82) is 0 Å². The van der Waals surface area contributed by atoms with E-state index in [4.69, 9.17) is 4.42 Å². The smallest absolute Gasteiger partial charge is 0.289 e. The van der Waals surface area contributed by atoms with Gasteiger partial charge in [0.1, 0.15) is 5.58 Å². The third-order valence-corrected chi connectivity index (χ3v) is 6.04. The monoisotopic (exact) mass is 313 g/mol. The van der Waals surface area contributed by atoms with Crippen molar-refractivity contribution in [1.82, 2.24) is 4.90 Å². The highest BCUT2D eigenvalue weighted by Gasteiger charge is 2.63. The van der Waals surface area contributed by atoms with Gasteiger partial charge in [-0.1, -0.05) is 32.0 Å². The lowest BCUT2D eigenvalue weighted by atomic mass is 9.48. The van der Waals surface area contributed by atoms with Gasteiger partial charge in [0.25, 0.3) is 5.91 Å². The summed E-state index contributed by atoms with van der Waals surface area (Å²) in [6.45, 7) is 7.90. The van der Waals surface area contributed by atoms with Crippen LogP contribution in [-0.2, 0) is 0 Å². The van der Waals surface area contributed by atoms with E-state index in [2.05, 4.69) is 13.8 Å². The fourth-order valence-electron chi connectivity index (χ4n) is 5.02. The van der Waals surface area contributed by atoms with Crippen LogP contribution in [0.2, 0.25) is 0 Å². The first-order valence-corrected chi connectivity index (χ1v) is 8.26. The lowest BCUT2D eigenvalue weighted by Gasteiger charge is -2.55. The van der Waals surface area contributed by atoms with Crippen molar-refractivity contribution >= 4 is 16.9 Å². The molecular formula is C19H23NO3. The highest BCUT2D eigenvalue weighted by molar-refractivity contribution is 5.99. The zero-order valence-electron chi connectivity index (χ0n) is 13.9. The van der Waals surface area contributed by atoms with Crippen molar-refractivity contribution in [3.8, 4) is 0 Å². The number of aliphatic hydroxyl groups is 1. The minimum atomic E-state index is -0.112. The van der Waals surface area contributed by atoms with Gasteiger partial charge in [0, 0.05) is 29.5 Å². The van der Waals surface area contributed by atoms with Crippen LogP contribution in [0.25, 0.3) is 11.0 Å². The van der Waals surface area contributed by atoms with Crippen LogP contribution in [0.4, 0.5) is 0 Å². The highest BCUT2D eigenvalue weighted by atomic mass is 16.3. The van der Waals surface area contributed by atoms with Crippen LogP contribution in [0.5, 0.6) is 0 Å². The average molecular weight is 313 g/mol. The summed E-state index contributed by atoms with van der Waals surface area (Å²) in [5.74, 6) is 0.767. The zero-order valence-corrected chi connectivity index (χ0v) is 13.9. The summed E-state index contributed by atoms with van der Waals surface area (Å²) in [6, 6.07) is 7.75. The quantitative estimate of drug-likeness (QED) is 0.926. The number of carbonyl (C=O) groups excluding carboxylic acids is 1. The lowest BCUT2D eigenvalue weighted by Crippen LogP contribution is -2.54. The number of likely N-dealkylation sites (tertiary alicyclic amines) is 1. The van der Waals surface area contributed by atoms with E-state index in [1.807, 2.05) is 36.1 Å². The van der Waals surface area contributed by atoms with Crippen LogP contribution in [0.1, 0.15) is 36.4 Å². The van der Waals surface area contributed by atoms with Crippen LogP contribution in [0.3, 0.4) is 0 Å². The molecule has 1 aliphatic carbocycles. The number of benzene rings is 1. The highest BCUT2D eigenvalue weighted by Crippen LogP contribution is 2.62. The molecule has 4 nitrogen and oxygen atoms in total. The first-order valence-electron chi connectivity index (χ1n) is 8.26. The fraction of sp³-hybridized carbons (Fsp3) is 0.526. The van der Waals surface area contributed by atoms with Crippen molar-refractivity contribution in [3.63, 3.8) is 0 Å².